The van der Waals surface area contributed by atoms with Gasteiger partial charge in [-0.05, 0) is 57.4 Å². The summed E-state index contributed by atoms with van der Waals surface area (Å²) >= 11 is 0. The van der Waals surface area contributed by atoms with Gasteiger partial charge in [0.05, 0.1) is 13.7 Å². The molecule has 1 aliphatic rings. The zero-order valence-electron chi connectivity index (χ0n) is 18.4. The van der Waals surface area contributed by atoms with Gasteiger partial charge < -0.3 is 19.7 Å². The lowest BCUT2D eigenvalue weighted by Gasteiger charge is -2.33. The van der Waals surface area contributed by atoms with E-state index >= 15 is 0 Å². The van der Waals surface area contributed by atoms with Crippen LogP contribution >= 0.6 is 0 Å². The summed E-state index contributed by atoms with van der Waals surface area (Å²) in [5.74, 6) is 1.16. The number of piperidine rings is 1. The molecule has 3 rings (SSSR count). The van der Waals surface area contributed by atoms with Crippen LogP contribution in [-0.4, -0.2) is 50.2 Å². The summed E-state index contributed by atoms with van der Waals surface area (Å²) in [6.07, 6.45) is 4.85. The van der Waals surface area contributed by atoms with Crippen molar-refractivity contribution in [2.45, 2.75) is 45.6 Å². The van der Waals surface area contributed by atoms with Crippen molar-refractivity contribution in [1.29, 1.82) is 0 Å². The van der Waals surface area contributed by atoms with E-state index in [1.165, 1.54) is 25.8 Å². The van der Waals surface area contributed by atoms with E-state index in [2.05, 4.69) is 17.1 Å². The summed E-state index contributed by atoms with van der Waals surface area (Å²) in [6.45, 7) is 7.60. The van der Waals surface area contributed by atoms with Crippen molar-refractivity contribution in [1.82, 2.24) is 10.2 Å². The topological polar surface area (TPSA) is 50.8 Å². The van der Waals surface area contributed by atoms with Crippen LogP contribution in [0.5, 0.6) is 11.5 Å². The summed E-state index contributed by atoms with van der Waals surface area (Å²) in [6, 6.07) is 14.3. The maximum atomic E-state index is 12.9. The minimum atomic E-state index is -0.0810. The number of hydrogen-bond donors (Lipinski definition) is 1. The van der Waals surface area contributed by atoms with Crippen LogP contribution in [-0.2, 0) is 0 Å². The Balaban J connectivity index is 1.71. The zero-order valence-corrected chi connectivity index (χ0v) is 18.4. The van der Waals surface area contributed by atoms with E-state index in [9.17, 15) is 4.79 Å². The quantitative estimate of drug-likeness (QED) is 0.606. The molecule has 1 saturated heterocycles. The Labute approximate surface area is 180 Å². The van der Waals surface area contributed by atoms with Gasteiger partial charge in [-0.3, -0.25) is 4.79 Å². The predicted octanol–water partition coefficient (Wildman–Crippen LogP) is 4.76. The number of likely N-dealkylation sites (tertiary alicyclic amines) is 1. The van der Waals surface area contributed by atoms with Crippen molar-refractivity contribution in [3.8, 4) is 22.6 Å². The van der Waals surface area contributed by atoms with Crippen LogP contribution in [0.15, 0.2) is 42.5 Å². The van der Waals surface area contributed by atoms with Crippen molar-refractivity contribution in [3.05, 3.63) is 48.0 Å². The van der Waals surface area contributed by atoms with E-state index in [-0.39, 0.29) is 5.91 Å². The first-order chi connectivity index (χ1) is 14.6. The Morgan fingerprint density at radius 1 is 1.20 bits per heavy atom. The van der Waals surface area contributed by atoms with Crippen molar-refractivity contribution < 1.29 is 14.3 Å². The highest BCUT2D eigenvalue weighted by Crippen LogP contribution is 2.39. The Morgan fingerprint density at radius 2 is 2.00 bits per heavy atom. The highest BCUT2D eigenvalue weighted by atomic mass is 16.5. The molecule has 1 fully saturated rings. The summed E-state index contributed by atoms with van der Waals surface area (Å²) in [5, 5.41) is 3.08. The van der Waals surface area contributed by atoms with Gasteiger partial charge in [0.25, 0.3) is 5.91 Å². The lowest BCUT2D eigenvalue weighted by Crippen LogP contribution is -2.39. The molecule has 0 saturated carbocycles. The molecule has 1 amide bonds. The van der Waals surface area contributed by atoms with E-state index in [1.54, 1.807) is 13.2 Å². The molecule has 1 N–H and O–H groups in total. The molecule has 0 unspecified atom stereocenters. The minimum Gasteiger partial charge on any atom is -0.492 e. The van der Waals surface area contributed by atoms with Crippen LogP contribution in [0.1, 0.15) is 49.9 Å². The highest BCUT2D eigenvalue weighted by Gasteiger charge is 2.19. The summed E-state index contributed by atoms with van der Waals surface area (Å²) < 4.78 is 11.4. The largest absolute Gasteiger partial charge is 0.492 e. The number of nitrogens with zero attached hydrogens (tertiary/aromatic N) is 1. The van der Waals surface area contributed by atoms with E-state index in [0.717, 1.165) is 24.1 Å². The van der Waals surface area contributed by atoms with Crippen molar-refractivity contribution in [2.75, 3.05) is 33.4 Å². The first-order valence-electron chi connectivity index (χ1n) is 11.1. The SMILES string of the molecule is CCOc1cc(C(=O)NCCCN2CCCC[C@@H]2C)cc(-c2ccccc2)c1OC. The standard InChI is InChI=1S/C25H34N2O3/c1-4-30-23-18-21(17-22(24(23)29-3)20-12-6-5-7-13-20)25(28)26-14-10-16-27-15-9-8-11-19(27)2/h5-7,12-13,17-19H,4,8-11,14-16H2,1-3H3,(H,26,28)/t19-/m0/s1. The number of ether oxygens (including phenoxy) is 2. The van der Waals surface area contributed by atoms with Crippen LogP contribution in [0.4, 0.5) is 0 Å². The van der Waals surface area contributed by atoms with E-state index < -0.39 is 0 Å². The molecule has 1 aliphatic heterocycles. The Kier molecular flexibility index (Phi) is 8.14. The van der Waals surface area contributed by atoms with Crippen LogP contribution in [0.3, 0.4) is 0 Å². The molecule has 0 radical (unpaired) electrons. The van der Waals surface area contributed by atoms with Gasteiger partial charge in [-0.25, -0.2) is 0 Å². The number of benzene rings is 2. The second-order valence-electron chi connectivity index (χ2n) is 7.84. The first-order valence-corrected chi connectivity index (χ1v) is 11.1. The normalized spacial score (nSPS) is 16.8. The molecular formula is C25H34N2O3. The predicted molar refractivity (Wildman–Crippen MR) is 121 cm³/mol. The molecule has 162 valence electrons. The van der Waals surface area contributed by atoms with Gasteiger partial charge in [0, 0.05) is 30.3 Å². The Morgan fingerprint density at radius 3 is 2.70 bits per heavy atom. The van der Waals surface area contributed by atoms with Crippen LogP contribution < -0.4 is 14.8 Å². The van der Waals surface area contributed by atoms with Crippen molar-refractivity contribution in [2.24, 2.45) is 0 Å². The lowest BCUT2D eigenvalue weighted by molar-refractivity contribution is 0.0948. The zero-order chi connectivity index (χ0) is 21.3. The third-order valence-electron chi connectivity index (χ3n) is 5.75. The molecular weight excluding hydrogens is 376 g/mol. The number of carbonyl (C=O) groups is 1. The molecule has 1 heterocycles. The average molecular weight is 411 g/mol. The maximum Gasteiger partial charge on any atom is 0.251 e. The smallest absolute Gasteiger partial charge is 0.251 e. The highest BCUT2D eigenvalue weighted by molar-refractivity contribution is 5.97. The van der Waals surface area contributed by atoms with Crippen LogP contribution in [0, 0.1) is 0 Å². The summed E-state index contributed by atoms with van der Waals surface area (Å²) in [7, 11) is 1.63. The lowest BCUT2D eigenvalue weighted by atomic mass is 10.0. The third-order valence-corrected chi connectivity index (χ3v) is 5.75. The fourth-order valence-electron chi connectivity index (χ4n) is 4.11. The summed E-state index contributed by atoms with van der Waals surface area (Å²) in [5.41, 5.74) is 2.44. The van der Waals surface area contributed by atoms with Gasteiger partial charge in [0.2, 0.25) is 0 Å². The van der Waals surface area contributed by atoms with Crippen LogP contribution in [0.25, 0.3) is 11.1 Å². The molecule has 0 aromatic heterocycles. The molecule has 0 aliphatic carbocycles. The number of amides is 1. The Hall–Kier alpha value is -2.53. The van der Waals surface area contributed by atoms with Gasteiger partial charge in [-0.15, -0.1) is 0 Å². The second kappa shape index (κ2) is 11.0. The number of methoxy groups -OCH3 is 1. The molecule has 2 aromatic carbocycles. The number of hydrogen-bond acceptors (Lipinski definition) is 4. The molecule has 1 atom stereocenters. The molecule has 30 heavy (non-hydrogen) atoms. The summed E-state index contributed by atoms with van der Waals surface area (Å²) in [4.78, 5) is 15.4. The molecule has 5 nitrogen and oxygen atoms in total. The van der Waals surface area contributed by atoms with Gasteiger partial charge in [-0.1, -0.05) is 36.8 Å². The fraction of sp³-hybridized carbons (Fsp3) is 0.480. The monoisotopic (exact) mass is 410 g/mol. The van der Waals surface area contributed by atoms with Crippen molar-refractivity contribution >= 4 is 5.91 Å². The van der Waals surface area contributed by atoms with Crippen molar-refractivity contribution in [3.63, 3.8) is 0 Å². The molecule has 0 spiro atoms. The van der Waals surface area contributed by atoms with Gasteiger partial charge in [0.1, 0.15) is 0 Å². The first kappa shape index (κ1) is 22.2. The number of rotatable bonds is 9. The minimum absolute atomic E-state index is 0.0810. The van der Waals surface area contributed by atoms with E-state index in [4.69, 9.17) is 9.47 Å². The molecule has 0 bridgehead atoms. The third kappa shape index (κ3) is 5.54. The molecule has 5 heteroatoms. The number of carbonyl (C=O) groups excluding carboxylic acids is 1. The van der Waals surface area contributed by atoms with Gasteiger partial charge >= 0.3 is 0 Å². The van der Waals surface area contributed by atoms with E-state index in [1.807, 2.05) is 43.3 Å². The maximum absolute atomic E-state index is 12.9. The van der Waals surface area contributed by atoms with Gasteiger partial charge in [-0.2, -0.15) is 0 Å². The number of nitrogens with one attached hydrogen (secondary N) is 1. The van der Waals surface area contributed by atoms with Crippen LogP contribution in [0.2, 0.25) is 0 Å². The average Bonchev–Trinajstić information content (AvgIpc) is 2.78. The second-order valence-corrected chi connectivity index (χ2v) is 7.84. The Bertz CT molecular complexity index is 823. The van der Waals surface area contributed by atoms with Gasteiger partial charge in [0.15, 0.2) is 11.5 Å². The van der Waals surface area contributed by atoms with E-state index in [0.29, 0.717) is 36.3 Å². The fourth-order valence-corrected chi connectivity index (χ4v) is 4.11. The molecule has 2 aromatic rings.